The van der Waals surface area contributed by atoms with Crippen LogP contribution in [0.4, 0.5) is 0 Å². The summed E-state index contributed by atoms with van der Waals surface area (Å²) in [6.07, 6.45) is 0.880. The van der Waals surface area contributed by atoms with Crippen LogP contribution in [0.2, 0.25) is 0 Å². The number of ether oxygens (including phenoxy) is 3. The van der Waals surface area contributed by atoms with Crippen molar-refractivity contribution in [3.05, 3.63) is 47.8 Å². The number of imidazole rings is 1. The maximum atomic E-state index is 13.0. The maximum Gasteiger partial charge on any atom is 0.231 e. The van der Waals surface area contributed by atoms with Gasteiger partial charge in [0.15, 0.2) is 11.5 Å². The van der Waals surface area contributed by atoms with Gasteiger partial charge in [0.25, 0.3) is 0 Å². The number of H-pyrrole nitrogens is 1. The Morgan fingerprint density at radius 1 is 1.15 bits per heavy atom. The first-order chi connectivity index (χ1) is 16.0. The zero-order valence-corrected chi connectivity index (χ0v) is 18.5. The van der Waals surface area contributed by atoms with Crippen molar-refractivity contribution in [1.29, 1.82) is 0 Å². The van der Waals surface area contributed by atoms with Gasteiger partial charge in [-0.3, -0.25) is 4.79 Å². The highest BCUT2D eigenvalue weighted by atomic mass is 16.7. The number of aryl methyl sites for hydroxylation is 1. The summed E-state index contributed by atoms with van der Waals surface area (Å²) in [5.74, 6) is 3.66. The SMILES string of the molecule is Cc1nc2ccc(CC(=O)N3C[C@H]4C[C@@H](Oc5ccc6c(c5)OCO6)[C@H](O)C[C@H]4C3)cc2[nH]1. The van der Waals surface area contributed by atoms with Crippen LogP contribution in [0.15, 0.2) is 36.4 Å². The molecule has 172 valence electrons. The van der Waals surface area contributed by atoms with E-state index in [0.717, 1.165) is 28.8 Å². The zero-order valence-electron chi connectivity index (χ0n) is 18.5. The molecule has 2 aromatic carbocycles. The number of nitrogens with zero attached hydrogens (tertiary/aromatic N) is 2. The lowest BCUT2D eigenvalue weighted by molar-refractivity contribution is -0.129. The Kier molecular flexibility index (Phi) is 4.90. The average Bonchev–Trinajstić information content (AvgIpc) is 3.50. The summed E-state index contributed by atoms with van der Waals surface area (Å²) in [5, 5.41) is 10.7. The Bertz CT molecular complexity index is 1210. The van der Waals surface area contributed by atoms with Gasteiger partial charge in [-0.2, -0.15) is 0 Å². The molecule has 2 fully saturated rings. The van der Waals surface area contributed by atoms with E-state index in [0.29, 0.717) is 55.0 Å². The number of nitrogens with one attached hydrogen (secondary N) is 1. The predicted octanol–water partition coefficient (Wildman–Crippen LogP) is 2.82. The minimum absolute atomic E-state index is 0.128. The molecule has 1 saturated carbocycles. The highest BCUT2D eigenvalue weighted by Gasteiger charge is 2.43. The fraction of sp³-hybridized carbons (Fsp3) is 0.440. The fourth-order valence-corrected chi connectivity index (χ4v) is 5.43. The van der Waals surface area contributed by atoms with Gasteiger partial charge in [-0.05, 0) is 61.4 Å². The minimum atomic E-state index is -0.558. The topological polar surface area (TPSA) is 96.9 Å². The summed E-state index contributed by atoms with van der Waals surface area (Å²) in [6.45, 7) is 3.55. The average molecular weight is 450 g/mol. The summed E-state index contributed by atoms with van der Waals surface area (Å²) < 4.78 is 16.9. The molecule has 4 atom stereocenters. The number of benzene rings is 2. The van der Waals surface area contributed by atoms with Gasteiger partial charge in [0.05, 0.1) is 23.6 Å². The van der Waals surface area contributed by atoms with E-state index in [1.807, 2.05) is 48.2 Å². The van der Waals surface area contributed by atoms with E-state index >= 15 is 0 Å². The summed E-state index contributed by atoms with van der Waals surface area (Å²) >= 11 is 0. The molecule has 0 radical (unpaired) electrons. The Morgan fingerprint density at radius 3 is 2.85 bits per heavy atom. The van der Waals surface area contributed by atoms with Crippen molar-refractivity contribution < 1.29 is 24.1 Å². The van der Waals surface area contributed by atoms with Gasteiger partial charge in [-0.1, -0.05) is 6.07 Å². The smallest absolute Gasteiger partial charge is 0.231 e. The molecule has 6 rings (SSSR count). The van der Waals surface area contributed by atoms with Crippen molar-refractivity contribution in [2.24, 2.45) is 11.8 Å². The van der Waals surface area contributed by atoms with Crippen molar-refractivity contribution in [1.82, 2.24) is 14.9 Å². The highest BCUT2D eigenvalue weighted by Crippen LogP contribution is 2.40. The second-order valence-electron chi connectivity index (χ2n) is 9.38. The van der Waals surface area contributed by atoms with Crippen molar-refractivity contribution in [3.8, 4) is 17.2 Å². The van der Waals surface area contributed by atoms with Crippen LogP contribution in [0.3, 0.4) is 0 Å². The number of carbonyl (C=O) groups excluding carboxylic acids is 1. The van der Waals surface area contributed by atoms with E-state index in [4.69, 9.17) is 14.2 Å². The standard InChI is InChI=1S/C25H27N3O5/c1-14-26-19-4-2-15(6-20(19)27-14)7-25(30)28-11-16-8-21(29)23(9-17(16)12-28)33-18-3-5-22-24(10-18)32-13-31-22/h2-6,10,16-17,21,23,29H,7-9,11-13H2,1H3,(H,26,27)/t16-,17+,21+,23+/m0/s1. The number of aliphatic hydroxyl groups is 1. The van der Waals surface area contributed by atoms with Gasteiger partial charge in [-0.25, -0.2) is 4.98 Å². The first kappa shape index (κ1) is 20.4. The van der Waals surface area contributed by atoms with Crippen LogP contribution in [0.25, 0.3) is 11.0 Å². The van der Waals surface area contributed by atoms with Crippen molar-refractivity contribution in [2.45, 2.75) is 38.4 Å². The Labute approximate surface area is 191 Å². The second-order valence-corrected chi connectivity index (χ2v) is 9.38. The summed E-state index contributed by atoms with van der Waals surface area (Å²) in [4.78, 5) is 22.6. The van der Waals surface area contributed by atoms with Crippen LogP contribution in [0, 0.1) is 18.8 Å². The number of fused-ring (bicyclic) bond motifs is 3. The van der Waals surface area contributed by atoms with Gasteiger partial charge >= 0.3 is 0 Å². The molecule has 1 aromatic heterocycles. The minimum Gasteiger partial charge on any atom is -0.488 e. The molecular weight excluding hydrogens is 422 g/mol. The van der Waals surface area contributed by atoms with E-state index in [9.17, 15) is 9.90 Å². The second kappa shape index (κ2) is 7.95. The molecule has 8 heteroatoms. The van der Waals surface area contributed by atoms with Crippen LogP contribution in [-0.2, 0) is 11.2 Å². The molecule has 2 N–H and O–H groups in total. The third-order valence-corrected chi connectivity index (χ3v) is 7.09. The van der Waals surface area contributed by atoms with Gasteiger partial charge in [0.2, 0.25) is 12.7 Å². The molecule has 33 heavy (non-hydrogen) atoms. The molecule has 2 aliphatic heterocycles. The maximum absolute atomic E-state index is 13.0. The van der Waals surface area contributed by atoms with E-state index in [1.54, 1.807) is 0 Å². The van der Waals surface area contributed by atoms with Crippen LogP contribution < -0.4 is 14.2 Å². The van der Waals surface area contributed by atoms with E-state index in [-0.39, 0.29) is 18.8 Å². The Morgan fingerprint density at radius 2 is 1.97 bits per heavy atom. The van der Waals surface area contributed by atoms with Gasteiger partial charge in [0, 0.05) is 19.2 Å². The van der Waals surface area contributed by atoms with Crippen LogP contribution in [0.1, 0.15) is 24.2 Å². The monoisotopic (exact) mass is 449 g/mol. The highest BCUT2D eigenvalue weighted by molar-refractivity contribution is 5.82. The number of hydrogen-bond acceptors (Lipinski definition) is 6. The molecule has 3 aromatic rings. The molecule has 8 nitrogen and oxygen atoms in total. The molecule has 3 heterocycles. The van der Waals surface area contributed by atoms with Gasteiger partial charge in [-0.15, -0.1) is 0 Å². The molecule has 1 amide bonds. The third kappa shape index (κ3) is 3.88. The quantitative estimate of drug-likeness (QED) is 0.636. The van der Waals surface area contributed by atoms with E-state index in [1.165, 1.54) is 0 Å². The zero-order chi connectivity index (χ0) is 22.5. The molecule has 0 spiro atoms. The number of hydrogen-bond donors (Lipinski definition) is 2. The molecule has 0 bridgehead atoms. The summed E-state index contributed by atoms with van der Waals surface area (Å²) in [7, 11) is 0. The van der Waals surface area contributed by atoms with Crippen molar-refractivity contribution in [2.75, 3.05) is 19.9 Å². The fourth-order valence-electron chi connectivity index (χ4n) is 5.43. The van der Waals surface area contributed by atoms with Gasteiger partial charge in [0.1, 0.15) is 17.7 Å². The Hall–Kier alpha value is -3.26. The van der Waals surface area contributed by atoms with Crippen LogP contribution in [-0.4, -0.2) is 58.0 Å². The largest absolute Gasteiger partial charge is 0.488 e. The van der Waals surface area contributed by atoms with E-state index in [2.05, 4.69) is 9.97 Å². The molecule has 0 unspecified atom stereocenters. The van der Waals surface area contributed by atoms with Crippen molar-refractivity contribution in [3.63, 3.8) is 0 Å². The molecule has 1 saturated heterocycles. The number of rotatable bonds is 4. The summed E-state index contributed by atoms with van der Waals surface area (Å²) in [5.41, 5.74) is 2.85. The van der Waals surface area contributed by atoms with Crippen LogP contribution >= 0.6 is 0 Å². The Balaban J connectivity index is 1.09. The number of amides is 1. The number of likely N-dealkylation sites (tertiary alicyclic amines) is 1. The van der Waals surface area contributed by atoms with Crippen molar-refractivity contribution >= 4 is 16.9 Å². The third-order valence-electron chi connectivity index (χ3n) is 7.09. The lowest BCUT2D eigenvalue weighted by Gasteiger charge is -2.35. The molecular formula is C25H27N3O5. The number of aliphatic hydroxyl groups excluding tert-OH is 1. The number of aromatic amines is 1. The molecule has 3 aliphatic rings. The number of carbonyl (C=O) groups is 1. The normalized spacial score (nSPS) is 25.9. The lowest BCUT2D eigenvalue weighted by atomic mass is 9.78. The number of aromatic nitrogens is 2. The van der Waals surface area contributed by atoms with Gasteiger partial charge < -0.3 is 29.2 Å². The van der Waals surface area contributed by atoms with Crippen LogP contribution in [0.5, 0.6) is 17.2 Å². The first-order valence-corrected chi connectivity index (χ1v) is 11.5. The lowest BCUT2D eigenvalue weighted by Crippen LogP contribution is -2.42. The summed E-state index contributed by atoms with van der Waals surface area (Å²) in [6, 6.07) is 11.4. The first-order valence-electron chi connectivity index (χ1n) is 11.5. The predicted molar refractivity (Wildman–Crippen MR) is 120 cm³/mol. The van der Waals surface area contributed by atoms with E-state index < -0.39 is 6.10 Å². The molecule has 1 aliphatic carbocycles.